The topological polar surface area (TPSA) is 124 Å². The molecule has 4 aromatic rings. The number of carbonyl (C=O) groups is 1. The van der Waals surface area contributed by atoms with E-state index in [2.05, 4.69) is 10.6 Å². The quantitative estimate of drug-likeness (QED) is 0.394. The van der Waals surface area contributed by atoms with E-state index in [0.29, 0.717) is 23.6 Å². The second-order valence-corrected chi connectivity index (χ2v) is 8.99. The van der Waals surface area contributed by atoms with Crippen LogP contribution >= 0.6 is 0 Å². The highest BCUT2D eigenvalue weighted by Crippen LogP contribution is 2.36. The molecule has 0 aliphatic heterocycles. The maximum absolute atomic E-state index is 12.7. The molecule has 32 heavy (non-hydrogen) atoms. The van der Waals surface area contributed by atoms with Crippen LogP contribution < -0.4 is 20.5 Å². The van der Waals surface area contributed by atoms with Crippen LogP contribution in [0.5, 0.6) is 5.75 Å². The lowest BCUT2D eigenvalue weighted by Crippen LogP contribution is -2.37. The number of methoxy groups -OCH3 is 1. The monoisotopic (exact) mass is 453 g/mol. The van der Waals surface area contributed by atoms with Gasteiger partial charge in [-0.25, -0.2) is 13.6 Å². The van der Waals surface area contributed by atoms with Gasteiger partial charge in [0, 0.05) is 23.4 Å². The van der Waals surface area contributed by atoms with Gasteiger partial charge in [-0.3, -0.25) is 4.79 Å². The molecule has 1 heterocycles. The van der Waals surface area contributed by atoms with Gasteiger partial charge in [0.05, 0.1) is 23.7 Å². The molecule has 3 aromatic carbocycles. The smallest absolute Gasteiger partial charge is 0.241 e. The lowest BCUT2D eigenvalue weighted by molar-refractivity contribution is -0.117. The summed E-state index contributed by atoms with van der Waals surface area (Å²) in [4.78, 5) is 12.8. The summed E-state index contributed by atoms with van der Waals surface area (Å²) in [6.45, 7) is 2.11. The lowest BCUT2D eigenvalue weighted by atomic mass is 10.1. The van der Waals surface area contributed by atoms with E-state index >= 15 is 0 Å². The summed E-state index contributed by atoms with van der Waals surface area (Å²) < 4.78 is 34.1. The summed E-state index contributed by atoms with van der Waals surface area (Å²) >= 11 is 0. The van der Waals surface area contributed by atoms with Crippen molar-refractivity contribution in [1.29, 1.82) is 0 Å². The minimum Gasteiger partial charge on any atom is -0.495 e. The highest BCUT2D eigenvalue weighted by atomic mass is 32.2. The molecule has 0 spiro atoms. The number of hydrogen-bond donors (Lipinski definition) is 3. The van der Waals surface area contributed by atoms with Crippen molar-refractivity contribution in [2.24, 2.45) is 5.14 Å². The van der Waals surface area contributed by atoms with Gasteiger partial charge in [-0.05, 0) is 36.8 Å². The van der Waals surface area contributed by atoms with Gasteiger partial charge in [0.15, 0.2) is 0 Å². The lowest BCUT2D eigenvalue weighted by Gasteiger charge is -2.16. The molecular weight excluding hydrogens is 430 g/mol. The first-order valence-electron chi connectivity index (χ1n) is 9.91. The summed E-state index contributed by atoms with van der Waals surface area (Å²) in [7, 11) is -2.19. The first kappa shape index (κ1) is 21.8. The number of benzene rings is 3. The normalized spacial score (nSPS) is 12.7. The Kier molecular flexibility index (Phi) is 5.88. The Bertz CT molecular complexity index is 1390. The number of anilines is 1. The largest absolute Gasteiger partial charge is 0.495 e. The van der Waals surface area contributed by atoms with Gasteiger partial charge >= 0.3 is 0 Å². The van der Waals surface area contributed by atoms with Crippen molar-refractivity contribution >= 4 is 43.6 Å². The molecule has 0 aliphatic rings. The molecule has 4 rings (SSSR count). The second-order valence-electron chi connectivity index (χ2n) is 7.43. The molecule has 1 amide bonds. The first-order valence-corrected chi connectivity index (χ1v) is 11.5. The predicted molar refractivity (Wildman–Crippen MR) is 123 cm³/mol. The van der Waals surface area contributed by atoms with Gasteiger partial charge in [0.2, 0.25) is 15.9 Å². The van der Waals surface area contributed by atoms with Crippen LogP contribution in [0.15, 0.2) is 70.0 Å². The minimum absolute atomic E-state index is 0.0418. The minimum atomic E-state index is -3.73. The summed E-state index contributed by atoms with van der Waals surface area (Å²) in [5, 5.41) is 13.0. The molecular formula is C23H23N3O5S. The standard InChI is InChI=1S/C23H23N3O5S/c1-14(25-13-15-7-9-16(10-8-15)32(24,28)29)23(27)26-19-12-21-18(11-22(19)30-2)17-5-3-4-6-20(17)31-21/h3-12,14,25H,13H2,1-2H3,(H,26,27)(H2,24,28,29). The fraction of sp³-hybridized carbons (Fsp3) is 0.174. The van der Waals surface area contributed by atoms with Crippen molar-refractivity contribution in [3.63, 3.8) is 0 Å². The Morgan fingerprint density at radius 3 is 2.47 bits per heavy atom. The van der Waals surface area contributed by atoms with E-state index < -0.39 is 16.1 Å². The van der Waals surface area contributed by atoms with E-state index in [0.717, 1.165) is 21.9 Å². The van der Waals surface area contributed by atoms with Gasteiger partial charge in [0.25, 0.3) is 0 Å². The van der Waals surface area contributed by atoms with E-state index in [9.17, 15) is 13.2 Å². The summed E-state index contributed by atoms with van der Waals surface area (Å²) in [5.74, 6) is 0.281. The van der Waals surface area contributed by atoms with Gasteiger partial charge in [-0.2, -0.15) is 0 Å². The van der Waals surface area contributed by atoms with Crippen molar-refractivity contribution in [3.05, 3.63) is 66.2 Å². The maximum Gasteiger partial charge on any atom is 0.241 e. The Hall–Kier alpha value is -3.40. The molecule has 0 fully saturated rings. The van der Waals surface area contributed by atoms with Crippen LogP contribution in [-0.4, -0.2) is 27.5 Å². The predicted octanol–water partition coefficient (Wildman–Crippen LogP) is 3.36. The Morgan fingerprint density at radius 2 is 1.78 bits per heavy atom. The molecule has 1 unspecified atom stereocenters. The molecule has 0 bridgehead atoms. The number of hydrogen-bond acceptors (Lipinski definition) is 6. The van der Waals surface area contributed by atoms with Gasteiger partial charge in [0.1, 0.15) is 16.9 Å². The molecule has 0 radical (unpaired) electrons. The van der Waals surface area contributed by atoms with Crippen molar-refractivity contribution in [2.75, 3.05) is 12.4 Å². The van der Waals surface area contributed by atoms with Crippen molar-refractivity contribution < 1.29 is 22.4 Å². The fourth-order valence-electron chi connectivity index (χ4n) is 3.42. The highest BCUT2D eigenvalue weighted by molar-refractivity contribution is 7.89. The molecule has 8 nitrogen and oxygen atoms in total. The number of primary sulfonamides is 1. The SMILES string of the molecule is COc1cc2c(cc1NC(=O)C(C)NCc1ccc(S(N)(=O)=O)cc1)oc1ccccc12. The van der Waals surface area contributed by atoms with Crippen LogP contribution in [-0.2, 0) is 21.4 Å². The summed E-state index contributed by atoms with van der Waals surface area (Å²) in [6, 6.07) is 17.0. The third-order valence-corrected chi connectivity index (χ3v) is 6.14. The van der Waals surface area contributed by atoms with E-state index in [1.54, 1.807) is 32.2 Å². The number of fused-ring (bicyclic) bond motifs is 3. The van der Waals surface area contributed by atoms with E-state index in [-0.39, 0.29) is 10.8 Å². The number of nitrogens with one attached hydrogen (secondary N) is 2. The highest BCUT2D eigenvalue weighted by Gasteiger charge is 2.17. The van der Waals surface area contributed by atoms with Crippen molar-refractivity contribution in [2.45, 2.75) is 24.4 Å². The number of rotatable bonds is 7. The second kappa shape index (κ2) is 8.62. The van der Waals surface area contributed by atoms with Crippen LogP contribution in [0.25, 0.3) is 21.9 Å². The fourth-order valence-corrected chi connectivity index (χ4v) is 3.94. The van der Waals surface area contributed by atoms with Gasteiger partial charge in [-0.15, -0.1) is 0 Å². The Balaban J connectivity index is 1.47. The number of nitrogens with two attached hydrogens (primary N) is 1. The molecule has 9 heteroatoms. The number of para-hydroxylation sites is 1. The average Bonchev–Trinajstić information content (AvgIpc) is 3.13. The zero-order valence-corrected chi connectivity index (χ0v) is 18.4. The van der Waals surface area contributed by atoms with Crippen LogP contribution in [0.2, 0.25) is 0 Å². The van der Waals surface area contributed by atoms with E-state index in [4.69, 9.17) is 14.3 Å². The molecule has 0 saturated carbocycles. The number of sulfonamides is 1. The summed E-state index contributed by atoms with van der Waals surface area (Å²) in [6.07, 6.45) is 0. The third-order valence-electron chi connectivity index (χ3n) is 5.21. The van der Waals surface area contributed by atoms with Crippen LogP contribution in [0.3, 0.4) is 0 Å². The van der Waals surface area contributed by atoms with Crippen molar-refractivity contribution in [3.8, 4) is 5.75 Å². The Labute approximate surface area is 185 Å². The van der Waals surface area contributed by atoms with Gasteiger partial charge in [-0.1, -0.05) is 30.3 Å². The first-order chi connectivity index (χ1) is 15.3. The third kappa shape index (κ3) is 4.45. The van der Waals surface area contributed by atoms with Crippen LogP contribution in [0.4, 0.5) is 5.69 Å². The van der Waals surface area contributed by atoms with Crippen LogP contribution in [0, 0.1) is 0 Å². The molecule has 0 saturated heterocycles. The summed E-state index contributed by atoms with van der Waals surface area (Å²) in [5.41, 5.74) is 2.74. The number of amides is 1. The number of ether oxygens (including phenoxy) is 1. The van der Waals surface area contributed by atoms with Crippen LogP contribution in [0.1, 0.15) is 12.5 Å². The molecule has 166 valence electrons. The zero-order chi connectivity index (χ0) is 22.9. The van der Waals surface area contributed by atoms with Crippen molar-refractivity contribution in [1.82, 2.24) is 5.32 Å². The molecule has 1 atom stereocenters. The molecule has 1 aromatic heterocycles. The van der Waals surface area contributed by atoms with Gasteiger partial charge < -0.3 is 19.8 Å². The average molecular weight is 454 g/mol. The number of furan rings is 1. The van der Waals surface area contributed by atoms with E-state index in [1.807, 2.05) is 30.3 Å². The zero-order valence-electron chi connectivity index (χ0n) is 17.6. The maximum atomic E-state index is 12.7. The van der Waals surface area contributed by atoms with E-state index in [1.165, 1.54) is 12.1 Å². The number of carbonyl (C=O) groups excluding carboxylic acids is 1. The Morgan fingerprint density at radius 1 is 1.06 bits per heavy atom. The molecule has 4 N–H and O–H groups in total. The molecule has 0 aliphatic carbocycles.